The van der Waals surface area contributed by atoms with E-state index in [1.807, 2.05) is 0 Å². The van der Waals surface area contributed by atoms with E-state index in [2.05, 4.69) is 0 Å². The van der Waals surface area contributed by atoms with Gasteiger partial charge in [-0.15, -0.1) is 17.0 Å². The first-order valence-corrected chi connectivity index (χ1v) is 4.05. The van der Waals surface area contributed by atoms with E-state index < -0.39 is 10.8 Å². The summed E-state index contributed by atoms with van der Waals surface area (Å²) in [5.41, 5.74) is 10.3. The molecule has 0 aliphatic rings. The van der Waals surface area contributed by atoms with Crippen LogP contribution in [0.15, 0.2) is 0 Å². The molecule has 0 bridgehead atoms. The monoisotopic (exact) mass is 216 g/mol. The van der Waals surface area contributed by atoms with Gasteiger partial charge in [0.2, 0.25) is 0 Å². The summed E-state index contributed by atoms with van der Waals surface area (Å²) in [7, 11) is -0.770. The van der Waals surface area contributed by atoms with E-state index >= 15 is 0 Å². The summed E-state index contributed by atoms with van der Waals surface area (Å²) in [6.45, 7) is 0.985. The number of rotatable bonds is 4. The van der Waals surface area contributed by atoms with E-state index in [0.29, 0.717) is 24.6 Å². The molecule has 0 spiro atoms. The molecule has 4 N–H and O–H groups in total. The van der Waals surface area contributed by atoms with Gasteiger partial charge in [-0.25, -0.2) is 0 Å². The molecule has 0 rings (SSSR count). The molecule has 5 heteroatoms. The highest BCUT2D eigenvalue weighted by Crippen LogP contribution is 1.75. The van der Waals surface area contributed by atoms with Gasteiger partial charge in [0.05, 0.1) is 0 Å². The van der Waals surface area contributed by atoms with Gasteiger partial charge in [-0.2, -0.15) is 0 Å². The third-order valence-electron chi connectivity index (χ3n) is 0.691. The standard InChI is InChI=1S/C4H12N2OS.BrH/c5-1-3-8(7)4-2-6;/h1-6H2;1H. The SMILES string of the molecule is Br.NCCS(=O)CCN. The van der Waals surface area contributed by atoms with Gasteiger partial charge >= 0.3 is 0 Å². The Kier molecular flexibility index (Phi) is 11.6. The topological polar surface area (TPSA) is 69.1 Å². The van der Waals surface area contributed by atoms with E-state index in [1.165, 1.54) is 0 Å². The average Bonchev–Trinajstić information content (AvgIpc) is 1.68. The van der Waals surface area contributed by atoms with Crippen molar-refractivity contribution in [2.24, 2.45) is 11.5 Å². The fraction of sp³-hybridized carbons (Fsp3) is 1.00. The van der Waals surface area contributed by atoms with E-state index in [1.54, 1.807) is 0 Å². The maximum Gasteiger partial charge on any atom is 0.0358 e. The highest BCUT2D eigenvalue weighted by Gasteiger charge is 1.92. The van der Waals surface area contributed by atoms with Crippen molar-refractivity contribution in [1.82, 2.24) is 0 Å². The second-order valence-electron chi connectivity index (χ2n) is 1.43. The summed E-state index contributed by atoms with van der Waals surface area (Å²) in [6.07, 6.45) is 0. The molecule has 0 radical (unpaired) electrons. The number of halogens is 1. The molecule has 0 heterocycles. The lowest BCUT2D eigenvalue weighted by atomic mass is 10.8. The van der Waals surface area contributed by atoms with Crippen molar-refractivity contribution >= 4 is 27.8 Å². The normalized spacial score (nSPS) is 9.22. The van der Waals surface area contributed by atoms with Crippen molar-refractivity contribution in [3.05, 3.63) is 0 Å². The van der Waals surface area contributed by atoms with Gasteiger partial charge in [-0.3, -0.25) is 4.21 Å². The Morgan fingerprint density at radius 3 is 1.67 bits per heavy atom. The van der Waals surface area contributed by atoms with Crippen LogP contribution in [0.25, 0.3) is 0 Å². The zero-order valence-corrected chi connectivity index (χ0v) is 7.74. The Hall–Kier alpha value is 0.550. The van der Waals surface area contributed by atoms with E-state index in [9.17, 15) is 4.21 Å². The molecule has 0 saturated heterocycles. The Morgan fingerprint density at radius 1 is 1.11 bits per heavy atom. The lowest BCUT2D eigenvalue weighted by molar-refractivity contribution is 0.682. The maximum absolute atomic E-state index is 10.6. The molecule has 0 aromatic rings. The smallest absolute Gasteiger partial charge is 0.0358 e. The molecule has 0 aliphatic heterocycles. The summed E-state index contributed by atoms with van der Waals surface area (Å²) >= 11 is 0. The summed E-state index contributed by atoms with van der Waals surface area (Å²) in [5.74, 6) is 1.16. The molecular weight excluding hydrogens is 204 g/mol. The van der Waals surface area contributed by atoms with Crippen LogP contribution in [0.5, 0.6) is 0 Å². The van der Waals surface area contributed by atoms with Crippen LogP contribution in [0.2, 0.25) is 0 Å². The third-order valence-corrected chi connectivity index (χ3v) is 2.07. The van der Waals surface area contributed by atoms with Gasteiger partial charge in [0, 0.05) is 35.4 Å². The second kappa shape index (κ2) is 8.55. The van der Waals surface area contributed by atoms with Crippen LogP contribution in [0.1, 0.15) is 0 Å². The molecule has 9 heavy (non-hydrogen) atoms. The van der Waals surface area contributed by atoms with Crippen LogP contribution < -0.4 is 11.5 Å². The predicted octanol–water partition coefficient (Wildman–Crippen LogP) is -0.770. The molecule has 0 aliphatic carbocycles. The zero-order chi connectivity index (χ0) is 6.41. The second-order valence-corrected chi connectivity index (χ2v) is 3.12. The van der Waals surface area contributed by atoms with Crippen LogP contribution >= 0.6 is 17.0 Å². The lowest BCUT2D eigenvalue weighted by Crippen LogP contribution is -2.17. The number of nitrogens with two attached hydrogens (primary N) is 2. The van der Waals surface area contributed by atoms with Crippen LogP contribution in [-0.4, -0.2) is 28.8 Å². The average molecular weight is 217 g/mol. The van der Waals surface area contributed by atoms with Crippen molar-refractivity contribution in [2.75, 3.05) is 24.6 Å². The molecule has 0 saturated carbocycles. The van der Waals surface area contributed by atoms with Crippen LogP contribution in [-0.2, 0) is 10.8 Å². The molecule has 0 amide bonds. The minimum atomic E-state index is -0.770. The molecule has 0 aromatic carbocycles. The molecule has 0 atom stereocenters. The van der Waals surface area contributed by atoms with Gasteiger partial charge < -0.3 is 11.5 Å². The first-order chi connectivity index (χ1) is 3.81. The first-order valence-electron chi connectivity index (χ1n) is 2.56. The van der Waals surface area contributed by atoms with Crippen LogP contribution in [0.4, 0.5) is 0 Å². The first kappa shape index (κ1) is 12.2. The Balaban J connectivity index is 0. The van der Waals surface area contributed by atoms with Gasteiger partial charge in [-0.1, -0.05) is 0 Å². The number of hydrogen-bond donors (Lipinski definition) is 2. The van der Waals surface area contributed by atoms with Crippen molar-refractivity contribution < 1.29 is 4.21 Å². The maximum atomic E-state index is 10.6. The Labute approximate surface area is 68.4 Å². The van der Waals surface area contributed by atoms with Gasteiger partial charge in [-0.05, 0) is 0 Å². The Morgan fingerprint density at radius 2 is 1.44 bits per heavy atom. The van der Waals surface area contributed by atoms with Gasteiger partial charge in [0.25, 0.3) is 0 Å². The largest absolute Gasteiger partial charge is 0.330 e. The summed E-state index contributed by atoms with van der Waals surface area (Å²) < 4.78 is 10.6. The third kappa shape index (κ3) is 8.55. The zero-order valence-electron chi connectivity index (χ0n) is 5.21. The van der Waals surface area contributed by atoms with Crippen molar-refractivity contribution in [3.8, 4) is 0 Å². The highest BCUT2D eigenvalue weighted by molar-refractivity contribution is 8.93. The highest BCUT2D eigenvalue weighted by atomic mass is 79.9. The molecule has 0 unspecified atom stereocenters. The summed E-state index contributed by atoms with van der Waals surface area (Å²) in [6, 6.07) is 0. The fourth-order valence-electron chi connectivity index (χ4n) is 0.365. The number of hydrogen-bond acceptors (Lipinski definition) is 3. The van der Waals surface area contributed by atoms with E-state index in [4.69, 9.17) is 11.5 Å². The molecule has 58 valence electrons. The predicted molar refractivity (Wildman–Crippen MR) is 46.3 cm³/mol. The van der Waals surface area contributed by atoms with E-state index in [0.717, 1.165) is 0 Å². The minimum absolute atomic E-state index is 0. The van der Waals surface area contributed by atoms with Crippen LogP contribution in [0.3, 0.4) is 0 Å². The van der Waals surface area contributed by atoms with Crippen molar-refractivity contribution in [3.63, 3.8) is 0 Å². The Bertz CT molecular complexity index is 73.0. The fourth-order valence-corrected chi connectivity index (χ4v) is 1.09. The molecular formula is C4H13BrN2OS. The van der Waals surface area contributed by atoms with Crippen molar-refractivity contribution in [2.45, 2.75) is 0 Å². The van der Waals surface area contributed by atoms with Crippen LogP contribution in [0, 0.1) is 0 Å². The lowest BCUT2D eigenvalue weighted by Gasteiger charge is -1.93. The molecule has 0 fully saturated rings. The van der Waals surface area contributed by atoms with E-state index in [-0.39, 0.29) is 17.0 Å². The summed E-state index contributed by atoms with van der Waals surface area (Å²) in [4.78, 5) is 0. The minimum Gasteiger partial charge on any atom is -0.330 e. The molecule has 0 aromatic heterocycles. The van der Waals surface area contributed by atoms with Gasteiger partial charge in [0.15, 0.2) is 0 Å². The molecule has 3 nitrogen and oxygen atoms in total. The van der Waals surface area contributed by atoms with Gasteiger partial charge in [0.1, 0.15) is 0 Å². The van der Waals surface area contributed by atoms with Crippen molar-refractivity contribution in [1.29, 1.82) is 0 Å². The summed E-state index contributed by atoms with van der Waals surface area (Å²) in [5, 5.41) is 0. The quantitative estimate of drug-likeness (QED) is 0.649.